The van der Waals surface area contributed by atoms with Crippen LogP contribution in [0.3, 0.4) is 0 Å². The molecule has 1 aliphatic rings. The van der Waals surface area contributed by atoms with Gasteiger partial charge >= 0.3 is 6.47 Å². The largest absolute Gasteiger partial charge is 0.461 e. The van der Waals surface area contributed by atoms with Crippen molar-refractivity contribution in [3.63, 3.8) is 0 Å². The molecule has 0 fully saturated rings. The summed E-state index contributed by atoms with van der Waals surface area (Å²) in [6.07, 6.45) is 7.46. The molecule has 1 atom stereocenters. The van der Waals surface area contributed by atoms with E-state index in [9.17, 15) is 4.79 Å². The summed E-state index contributed by atoms with van der Waals surface area (Å²) in [4.78, 5) is 10.9. The van der Waals surface area contributed by atoms with Crippen LogP contribution < -0.4 is 0 Å². The second-order valence-electron chi connectivity index (χ2n) is 5.52. The molecule has 121 valence electrons. The summed E-state index contributed by atoms with van der Waals surface area (Å²) >= 11 is 0. The van der Waals surface area contributed by atoms with Gasteiger partial charge in [0.1, 0.15) is 0 Å². The molecule has 3 heteroatoms. The topological polar surface area (TPSA) is 35.5 Å². The smallest absolute Gasteiger partial charge is 0.420 e. The SMILES string of the molecule is CCC=CC=COC(O[C]=O)C1c2ccccc2-c2ccccc21. The van der Waals surface area contributed by atoms with E-state index in [1.807, 2.05) is 48.6 Å². The Bertz CT molecular complexity index is 716. The van der Waals surface area contributed by atoms with Crippen molar-refractivity contribution in [1.82, 2.24) is 0 Å². The van der Waals surface area contributed by atoms with Gasteiger partial charge in [-0.3, -0.25) is 0 Å². The third-order valence-electron chi connectivity index (χ3n) is 4.09. The molecule has 1 unspecified atom stereocenters. The van der Waals surface area contributed by atoms with Crippen LogP contribution in [0.2, 0.25) is 0 Å². The van der Waals surface area contributed by atoms with Gasteiger partial charge in [-0.25, -0.2) is 4.79 Å². The second kappa shape index (κ2) is 7.64. The fraction of sp³-hybridized carbons (Fsp3) is 0.190. The van der Waals surface area contributed by atoms with Crippen LogP contribution in [-0.4, -0.2) is 12.8 Å². The van der Waals surface area contributed by atoms with E-state index in [4.69, 9.17) is 9.47 Å². The standard InChI is InChI=1S/C21H19O3/c1-2-3-4-9-14-23-21(24-15-22)20-18-12-7-5-10-16(18)17-11-6-8-13-19(17)20/h3-14,20-21H,2H2,1H3. The summed E-state index contributed by atoms with van der Waals surface area (Å²) < 4.78 is 10.9. The molecule has 0 amide bonds. The quantitative estimate of drug-likeness (QED) is 0.421. The van der Waals surface area contributed by atoms with Crippen molar-refractivity contribution in [1.29, 1.82) is 0 Å². The molecule has 0 aliphatic heterocycles. The summed E-state index contributed by atoms with van der Waals surface area (Å²) in [6.45, 7) is 3.59. The highest BCUT2D eigenvalue weighted by Crippen LogP contribution is 2.46. The van der Waals surface area contributed by atoms with Crippen molar-refractivity contribution in [3.05, 3.63) is 84.1 Å². The molecule has 3 nitrogen and oxygen atoms in total. The third kappa shape index (κ3) is 3.11. The fourth-order valence-electron chi connectivity index (χ4n) is 3.09. The molecule has 24 heavy (non-hydrogen) atoms. The number of ether oxygens (including phenoxy) is 2. The molecular weight excluding hydrogens is 300 g/mol. The van der Waals surface area contributed by atoms with Crippen molar-refractivity contribution >= 4 is 6.47 Å². The summed E-state index contributed by atoms with van der Waals surface area (Å²) in [7, 11) is 0. The van der Waals surface area contributed by atoms with Gasteiger partial charge < -0.3 is 9.47 Å². The molecule has 1 aliphatic carbocycles. The number of carbonyl (C=O) groups excluding carboxylic acids is 1. The van der Waals surface area contributed by atoms with Crippen LogP contribution in [0.25, 0.3) is 11.1 Å². The molecule has 3 rings (SSSR count). The van der Waals surface area contributed by atoms with E-state index in [0.717, 1.165) is 28.7 Å². The van der Waals surface area contributed by atoms with Gasteiger partial charge in [0.2, 0.25) is 0 Å². The first-order chi connectivity index (χ1) is 11.9. The van der Waals surface area contributed by atoms with Gasteiger partial charge in [0.25, 0.3) is 6.29 Å². The number of allylic oxidation sites excluding steroid dienone is 3. The van der Waals surface area contributed by atoms with Crippen molar-refractivity contribution in [2.75, 3.05) is 0 Å². The van der Waals surface area contributed by atoms with Gasteiger partial charge in [-0.15, -0.1) is 0 Å². The molecule has 0 heterocycles. The van der Waals surface area contributed by atoms with Gasteiger partial charge in [0, 0.05) is 0 Å². The van der Waals surface area contributed by atoms with E-state index in [2.05, 4.69) is 19.1 Å². The van der Waals surface area contributed by atoms with Gasteiger partial charge in [0.15, 0.2) is 0 Å². The van der Waals surface area contributed by atoms with E-state index in [-0.39, 0.29) is 5.92 Å². The molecule has 0 saturated heterocycles. The zero-order chi connectivity index (χ0) is 16.8. The van der Waals surface area contributed by atoms with E-state index in [1.54, 1.807) is 12.3 Å². The van der Waals surface area contributed by atoms with Gasteiger partial charge in [0.05, 0.1) is 12.2 Å². The van der Waals surface area contributed by atoms with Crippen LogP contribution in [0.4, 0.5) is 0 Å². The normalized spacial score (nSPS) is 14.5. The van der Waals surface area contributed by atoms with Crippen LogP contribution in [-0.2, 0) is 14.3 Å². The van der Waals surface area contributed by atoms with Gasteiger partial charge in [-0.2, -0.15) is 0 Å². The summed E-state index contributed by atoms with van der Waals surface area (Å²) in [5, 5.41) is 0. The molecule has 0 saturated carbocycles. The van der Waals surface area contributed by atoms with Crippen molar-refractivity contribution < 1.29 is 14.3 Å². The Morgan fingerprint density at radius 2 is 1.67 bits per heavy atom. The second-order valence-corrected chi connectivity index (χ2v) is 5.52. The maximum atomic E-state index is 10.9. The van der Waals surface area contributed by atoms with E-state index in [1.165, 1.54) is 6.47 Å². The molecule has 2 aromatic carbocycles. The highest BCUT2D eigenvalue weighted by Gasteiger charge is 2.36. The molecule has 0 N–H and O–H groups in total. The Morgan fingerprint density at radius 3 is 2.25 bits per heavy atom. The Labute approximate surface area is 142 Å². The Morgan fingerprint density at radius 1 is 1.04 bits per heavy atom. The van der Waals surface area contributed by atoms with Crippen molar-refractivity contribution in [3.8, 4) is 11.1 Å². The lowest BCUT2D eigenvalue weighted by atomic mass is 9.96. The first-order valence-electron chi connectivity index (χ1n) is 8.05. The van der Waals surface area contributed by atoms with Crippen molar-refractivity contribution in [2.45, 2.75) is 25.6 Å². The number of fused-ring (bicyclic) bond motifs is 3. The average Bonchev–Trinajstić information content (AvgIpc) is 2.95. The monoisotopic (exact) mass is 319 g/mol. The predicted octanol–water partition coefficient (Wildman–Crippen LogP) is 4.71. The fourth-order valence-corrected chi connectivity index (χ4v) is 3.09. The van der Waals surface area contributed by atoms with Crippen molar-refractivity contribution in [2.24, 2.45) is 0 Å². The van der Waals surface area contributed by atoms with E-state index < -0.39 is 6.29 Å². The number of hydrogen-bond acceptors (Lipinski definition) is 3. The first kappa shape index (κ1) is 16.1. The van der Waals surface area contributed by atoms with Gasteiger partial charge in [-0.05, 0) is 34.8 Å². The van der Waals surface area contributed by atoms with Crippen LogP contribution >= 0.6 is 0 Å². The number of rotatable bonds is 7. The molecule has 0 bridgehead atoms. The number of benzene rings is 2. The maximum absolute atomic E-state index is 10.9. The van der Waals surface area contributed by atoms with Crippen LogP contribution in [0.1, 0.15) is 30.4 Å². The van der Waals surface area contributed by atoms with Crippen LogP contribution in [0, 0.1) is 0 Å². The average molecular weight is 319 g/mol. The lowest BCUT2D eigenvalue weighted by Gasteiger charge is -2.22. The summed E-state index contributed by atoms with van der Waals surface area (Å²) in [5.41, 5.74) is 4.49. The molecular formula is C21H19O3. The first-order valence-corrected chi connectivity index (χ1v) is 8.05. The maximum Gasteiger partial charge on any atom is 0.420 e. The summed E-state index contributed by atoms with van der Waals surface area (Å²) in [5.74, 6) is -0.168. The Balaban J connectivity index is 1.94. The van der Waals surface area contributed by atoms with Crippen LogP contribution in [0.15, 0.2) is 73.0 Å². The predicted molar refractivity (Wildman–Crippen MR) is 93.9 cm³/mol. The number of hydrogen-bond donors (Lipinski definition) is 0. The molecule has 1 radical (unpaired) electrons. The Hall–Kier alpha value is -2.81. The highest BCUT2D eigenvalue weighted by atomic mass is 16.7. The minimum Gasteiger partial charge on any atom is -0.461 e. The third-order valence-corrected chi connectivity index (χ3v) is 4.09. The minimum atomic E-state index is -0.751. The van der Waals surface area contributed by atoms with E-state index >= 15 is 0 Å². The lowest BCUT2D eigenvalue weighted by Crippen LogP contribution is -2.23. The summed E-state index contributed by atoms with van der Waals surface area (Å²) in [6, 6.07) is 16.2. The molecule has 0 spiro atoms. The zero-order valence-electron chi connectivity index (χ0n) is 13.5. The lowest BCUT2D eigenvalue weighted by molar-refractivity contribution is -0.0507. The zero-order valence-corrected chi connectivity index (χ0v) is 13.5. The minimum absolute atomic E-state index is 0.168. The molecule has 2 aromatic rings. The highest BCUT2D eigenvalue weighted by molar-refractivity contribution is 5.79. The molecule has 0 aromatic heterocycles. The Kier molecular flexibility index (Phi) is 5.12. The van der Waals surface area contributed by atoms with Gasteiger partial charge in [-0.1, -0.05) is 67.6 Å². The van der Waals surface area contributed by atoms with E-state index in [0.29, 0.717) is 0 Å². The van der Waals surface area contributed by atoms with Crippen LogP contribution in [0.5, 0.6) is 0 Å².